The molecule has 6 heterocycles. The van der Waals surface area contributed by atoms with E-state index in [9.17, 15) is 26.4 Å². The summed E-state index contributed by atoms with van der Waals surface area (Å²) in [4.78, 5) is 25.1. The number of aromatic nitrogens is 2. The molecule has 11 nitrogen and oxygen atoms in total. The van der Waals surface area contributed by atoms with Gasteiger partial charge in [-0.1, -0.05) is 0 Å². The van der Waals surface area contributed by atoms with Gasteiger partial charge in [0.25, 0.3) is 5.91 Å². The maximum Gasteiger partial charge on any atom is 0.420 e. The van der Waals surface area contributed by atoms with E-state index >= 15 is 0 Å². The van der Waals surface area contributed by atoms with Gasteiger partial charge in [0, 0.05) is 37.2 Å². The smallest absolute Gasteiger partial charge is 0.378 e. The number of carbonyl (C=O) groups excluding carboxylic acids is 1. The van der Waals surface area contributed by atoms with Crippen molar-refractivity contribution in [3.05, 3.63) is 46.5 Å². The summed E-state index contributed by atoms with van der Waals surface area (Å²) in [5.41, 5.74) is 1.20. The number of sulfone groups is 1. The second kappa shape index (κ2) is 11.1. The number of carbonyl (C=O) groups is 1. The normalized spacial score (nSPS) is 24.7. The summed E-state index contributed by atoms with van der Waals surface area (Å²) in [6.07, 6.45) is -2.11. The third-order valence-electron chi connectivity index (χ3n) is 9.32. The predicted molar refractivity (Wildman–Crippen MR) is 163 cm³/mol. The van der Waals surface area contributed by atoms with Gasteiger partial charge < -0.3 is 29.9 Å². The quantitative estimate of drug-likeness (QED) is 0.400. The maximum absolute atomic E-state index is 14.3. The van der Waals surface area contributed by atoms with Crippen LogP contribution in [0.2, 0.25) is 0 Å². The van der Waals surface area contributed by atoms with Crippen LogP contribution in [0.15, 0.2) is 35.4 Å². The van der Waals surface area contributed by atoms with Crippen molar-refractivity contribution in [1.29, 1.82) is 0 Å². The first-order valence-corrected chi connectivity index (χ1v) is 17.7. The van der Waals surface area contributed by atoms with E-state index in [4.69, 9.17) is 9.47 Å². The molecule has 1 aliphatic carbocycles. The van der Waals surface area contributed by atoms with Crippen LogP contribution in [0.25, 0.3) is 10.6 Å². The number of alkyl halides is 3. The molecule has 0 unspecified atom stereocenters. The standard InChI is InChI=1S/C30H31F3N6O5S2/c31-30(32,33)20-11-35-29(36-21-4-3-17(9-19(21)16-1-2-16)38-6-5-34-22-14-44-15-23(22)38)37-26(20)24-10-25-27(45-24)28(40)39(18-12-43-13-18)7-8-46(25,41)42/h3-4,9-11,16,18,22-23,34H,1-2,5-8,12-15H2,(H,35,36,37)/t22-,23+/m1/s1. The largest absolute Gasteiger partial charge is 0.420 e. The summed E-state index contributed by atoms with van der Waals surface area (Å²) in [7, 11) is -3.93. The summed E-state index contributed by atoms with van der Waals surface area (Å²) < 4.78 is 80.0. The monoisotopic (exact) mass is 676 g/mol. The number of hydrogen-bond donors (Lipinski definition) is 2. The fourth-order valence-corrected chi connectivity index (χ4v) is 9.54. The Morgan fingerprint density at radius 2 is 1.85 bits per heavy atom. The highest BCUT2D eigenvalue weighted by Gasteiger charge is 2.41. The summed E-state index contributed by atoms with van der Waals surface area (Å²) in [5.74, 6) is -0.613. The number of thiophene rings is 1. The predicted octanol–water partition coefficient (Wildman–Crippen LogP) is 3.65. The molecule has 4 fully saturated rings. The number of nitrogens with one attached hydrogen (secondary N) is 2. The van der Waals surface area contributed by atoms with Crippen LogP contribution < -0.4 is 15.5 Å². The van der Waals surface area contributed by atoms with Crippen molar-refractivity contribution in [2.24, 2.45) is 0 Å². The van der Waals surface area contributed by atoms with Gasteiger partial charge in [0.05, 0.1) is 65.8 Å². The van der Waals surface area contributed by atoms with Gasteiger partial charge in [0.1, 0.15) is 10.4 Å². The fourth-order valence-electron chi connectivity index (χ4n) is 6.62. The number of piperazine rings is 1. The van der Waals surface area contributed by atoms with Crippen molar-refractivity contribution in [3.63, 3.8) is 0 Å². The van der Waals surface area contributed by atoms with Gasteiger partial charge in [-0.25, -0.2) is 18.4 Å². The molecule has 2 aromatic heterocycles. The van der Waals surface area contributed by atoms with Crippen LogP contribution in [-0.2, 0) is 25.5 Å². The lowest BCUT2D eigenvalue weighted by molar-refractivity contribution is -0.137. The molecule has 3 aromatic rings. The van der Waals surface area contributed by atoms with Gasteiger partial charge in [-0.05, 0) is 48.6 Å². The van der Waals surface area contributed by atoms with Crippen LogP contribution >= 0.6 is 11.3 Å². The Labute approximate surface area is 267 Å². The van der Waals surface area contributed by atoms with Crippen molar-refractivity contribution < 1.29 is 35.9 Å². The highest BCUT2D eigenvalue weighted by molar-refractivity contribution is 7.91. The second-order valence-corrected chi connectivity index (χ2v) is 15.4. The number of nitrogens with zero attached hydrogens (tertiary/aromatic N) is 4. The van der Waals surface area contributed by atoms with E-state index in [0.29, 0.717) is 42.4 Å². The van der Waals surface area contributed by atoms with E-state index in [2.05, 4.69) is 31.6 Å². The Balaban J connectivity index is 1.15. The Hall–Kier alpha value is -3.31. The van der Waals surface area contributed by atoms with Gasteiger partial charge in [-0.3, -0.25) is 4.79 Å². The molecule has 1 saturated carbocycles. The zero-order valence-electron chi connectivity index (χ0n) is 24.5. The Morgan fingerprint density at radius 3 is 2.59 bits per heavy atom. The molecule has 16 heteroatoms. The minimum atomic E-state index is -4.82. The Morgan fingerprint density at radius 1 is 1.04 bits per heavy atom. The minimum absolute atomic E-state index is 0.00686. The highest BCUT2D eigenvalue weighted by atomic mass is 32.2. The van der Waals surface area contributed by atoms with Gasteiger partial charge in [-0.2, -0.15) is 13.2 Å². The number of hydrogen-bond acceptors (Lipinski definition) is 11. The zero-order valence-corrected chi connectivity index (χ0v) is 26.2. The van der Waals surface area contributed by atoms with Gasteiger partial charge in [0.15, 0.2) is 9.84 Å². The first-order chi connectivity index (χ1) is 22.1. The van der Waals surface area contributed by atoms with Gasteiger partial charge >= 0.3 is 6.18 Å². The molecule has 2 N–H and O–H groups in total. The van der Waals surface area contributed by atoms with Crippen molar-refractivity contribution in [1.82, 2.24) is 20.2 Å². The first-order valence-electron chi connectivity index (χ1n) is 15.3. The van der Waals surface area contributed by atoms with Crippen molar-refractivity contribution in [2.75, 3.05) is 62.0 Å². The molecule has 0 radical (unpaired) electrons. The molecule has 46 heavy (non-hydrogen) atoms. The fraction of sp³-hybridized carbons (Fsp3) is 0.500. The van der Waals surface area contributed by atoms with Gasteiger partial charge in [-0.15, -0.1) is 11.3 Å². The molecule has 1 amide bonds. The van der Waals surface area contributed by atoms with E-state index in [0.717, 1.165) is 43.2 Å². The number of rotatable bonds is 6. The third-order valence-corrected chi connectivity index (χ3v) is 12.3. The molecule has 1 aromatic carbocycles. The topological polar surface area (TPSA) is 126 Å². The van der Waals surface area contributed by atoms with Crippen LogP contribution in [0.3, 0.4) is 0 Å². The number of ether oxygens (including phenoxy) is 2. The van der Waals surface area contributed by atoms with Crippen LogP contribution in [0.4, 0.5) is 30.5 Å². The minimum Gasteiger partial charge on any atom is -0.378 e. The lowest BCUT2D eigenvalue weighted by Crippen LogP contribution is -2.57. The van der Waals surface area contributed by atoms with Crippen LogP contribution in [0, 0.1) is 0 Å². The lowest BCUT2D eigenvalue weighted by atomic mass is 10.0. The van der Waals surface area contributed by atoms with E-state index in [1.165, 1.54) is 4.90 Å². The lowest BCUT2D eigenvalue weighted by Gasteiger charge is -2.39. The molecule has 244 valence electrons. The number of amides is 1. The summed E-state index contributed by atoms with van der Waals surface area (Å²) in [6, 6.07) is 7.41. The number of benzene rings is 1. The van der Waals surface area contributed by atoms with E-state index < -0.39 is 33.2 Å². The van der Waals surface area contributed by atoms with Crippen molar-refractivity contribution in [2.45, 2.75) is 48.0 Å². The zero-order chi connectivity index (χ0) is 31.8. The Bertz CT molecular complexity index is 1810. The molecule has 0 bridgehead atoms. The molecular formula is C30H31F3N6O5S2. The number of fused-ring (bicyclic) bond motifs is 2. The van der Waals surface area contributed by atoms with Crippen molar-refractivity contribution in [3.8, 4) is 10.6 Å². The van der Waals surface area contributed by atoms with E-state index in [1.807, 2.05) is 12.1 Å². The second-order valence-electron chi connectivity index (χ2n) is 12.3. The van der Waals surface area contributed by atoms with Crippen molar-refractivity contribution >= 4 is 44.4 Å². The molecule has 8 rings (SSSR count). The summed E-state index contributed by atoms with van der Waals surface area (Å²) >= 11 is 0.706. The van der Waals surface area contributed by atoms with E-state index in [-0.39, 0.29) is 64.2 Å². The third kappa shape index (κ3) is 5.33. The van der Waals surface area contributed by atoms with E-state index in [1.54, 1.807) is 0 Å². The summed E-state index contributed by atoms with van der Waals surface area (Å²) in [6.45, 7) is 3.56. The number of anilines is 3. The molecule has 3 saturated heterocycles. The molecule has 0 spiro atoms. The number of halogens is 3. The van der Waals surface area contributed by atoms with Crippen LogP contribution in [0.5, 0.6) is 0 Å². The molecule has 2 atom stereocenters. The molecule has 4 aliphatic heterocycles. The molecular weight excluding hydrogens is 645 g/mol. The Kier molecular flexibility index (Phi) is 7.28. The highest BCUT2D eigenvalue weighted by Crippen LogP contribution is 2.46. The molecule has 5 aliphatic rings. The van der Waals surface area contributed by atoms with Crippen LogP contribution in [-0.4, -0.2) is 99.1 Å². The maximum atomic E-state index is 14.3. The summed E-state index contributed by atoms with van der Waals surface area (Å²) in [5, 5.41) is 6.66. The average Bonchev–Trinajstić information content (AvgIpc) is 3.56. The van der Waals surface area contributed by atoms with Gasteiger partial charge in [0.2, 0.25) is 5.95 Å². The first kappa shape index (κ1) is 30.1. The average molecular weight is 677 g/mol. The SMILES string of the molecule is O=C1c2sc(-c3nc(Nc4ccc(N5CCN[C@@H]6COC[C@@H]65)cc4C4CC4)ncc3C(F)(F)F)cc2S(=O)(=O)CCN1C1COC1. The van der Waals surface area contributed by atoms with Crippen LogP contribution in [0.1, 0.15) is 39.6 Å².